The van der Waals surface area contributed by atoms with Crippen LogP contribution >= 0.6 is 7.82 Å². The second-order valence-electron chi connectivity index (χ2n) is 9.70. The van der Waals surface area contributed by atoms with Gasteiger partial charge in [-0.15, -0.1) is 0 Å². The molecule has 0 unspecified atom stereocenters. The van der Waals surface area contributed by atoms with Gasteiger partial charge in [0.25, 0.3) is 0 Å². The van der Waals surface area contributed by atoms with E-state index in [1.54, 1.807) is 0 Å². The average Bonchev–Trinajstić information content (AvgIpc) is 3.13. The molecule has 0 aliphatic carbocycles. The molecule has 0 bridgehead atoms. The van der Waals surface area contributed by atoms with Crippen LogP contribution in [-0.2, 0) is 4.57 Å². The fraction of sp³-hybridized carbons (Fsp3) is 0. The number of hydrogen-bond donors (Lipinski definition) is 3. The Hall–Kier alpha value is -5.56. The zero-order valence-corrected chi connectivity index (χ0v) is 26.1. The van der Waals surface area contributed by atoms with E-state index in [9.17, 15) is 14.4 Å². The Balaban J connectivity index is 0.000000179. The minimum atomic E-state index is -4.64. The maximum Gasteiger partial charge on any atom is 0.466 e. The van der Waals surface area contributed by atoms with E-state index in [4.69, 9.17) is 19.2 Å². The van der Waals surface area contributed by atoms with Crippen molar-refractivity contribution in [2.45, 2.75) is 0 Å². The Morgan fingerprint density at radius 3 is 0.511 bits per heavy atom. The molecule has 8 heteroatoms. The molecule has 7 nitrogen and oxygen atoms in total. The summed E-state index contributed by atoms with van der Waals surface area (Å²) in [6.45, 7) is 0. The number of carbonyl (C=O) groups is 3. The molecule has 0 heterocycles. The average molecular weight is 645 g/mol. The molecule has 236 valence electrons. The number of hydrogen-bond acceptors (Lipinski definition) is 4. The fourth-order valence-electron chi connectivity index (χ4n) is 4.04. The molecule has 47 heavy (non-hydrogen) atoms. The number of benzene rings is 6. The molecule has 0 aromatic heterocycles. The molecule has 0 fully saturated rings. The molecule has 6 aromatic rings. The first-order valence-electron chi connectivity index (χ1n) is 14.4. The number of rotatable bonds is 6. The minimum Gasteiger partial charge on any atom is -0.303 e. The van der Waals surface area contributed by atoms with Gasteiger partial charge in [-0.05, 0) is 0 Å². The summed E-state index contributed by atoms with van der Waals surface area (Å²) in [5, 5.41) is 0. The van der Waals surface area contributed by atoms with Crippen molar-refractivity contribution in [3.63, 3.8) is 0 Å². The van der Waals surface area contributed by atoms with Crippen LogP contribution < -0.4 is 0 Å². The molecular formula is C39H33O7P. The quantitative estimate of drug-likeness (QED) is 0.125. The van der Waals surface area contributed by atoms with Gasteiger partial charge in [0.05, 0.1) is 0 Å². The second kappa shape index (κ2) is 19.1. The first-order chi connectivity index (χ1) is 22.6. The van der Waals surface area contributed by atoms with Crippen LogP contribution in [0.3, 0.4) is 0 Å². The lowest BCUT2D eigenvalue weighted by atomic mass is 10.0. The highest BCUT2D eigenvalue weighted by atomic mass is 31.2. The van der Waals surface area contributed by atoms with Crippen LogP contribution in [0.1, 0.15) is 47.8 Å². The van der Waals surface area contributed by atoms with Gasteiger partial charge in [-0.25, -0.2) is 4.57 Å². The van der Waals surface area contributed by atoms with E-state index >= 15 is 0 Å². The number of carbonyl (C=O) groups excluding carboxylic acids is 3. The smallest absolute Gasteiger partial charge is 0.303 e. The first kappa shape index (κ1) is 35.9. The van der Waals surface area contributed by atoms with Gasteiger partial charge < -0.3 is 14.7 Å². The van der Waals surface area contributed by atoms with E-state index in [0.29, 0.717) is 0 Å². The van der Waals surface area contributed by atoms with E-state index in [0.717, 1.165) is 33.4 Å². The van der Waals surface area contributed by atoms with Crippen molar-refractivity contribution < 1.29 is 33.6 Å². The molecule has 3 N–H and O–H groups in total. The van der Waals surface area contributed by atoms with Crippen molar-refractivity contribution in [1.29, 1.82) is 0 Å². The van der Waals surface area contributed by atoms with Crippen LogP contribution in [0.15, 0.2) is 182 Å². The lowest BCUT2D eigenvalue weighted by Crippen LogP contribution is -1.99. The van der Waals surface area contributed by atoms with Crippen LogP contribution in [0.25, 0.3) is 0 Å². The lowest BCUT2D eigenvalue weighted by molar-refractivity contribution is 0.103. The maximum absolute atomic E-state index is 11.8. The van der Waals surface area contributed by atoms with Gasteiger partial charge in [0.2, 0.25) is 0 Å². The standard InChI is InChI=1S/3C13H10O.H3O4P/c3*14-13(11-7-3-1-4-8-11)12-9-5-2-6-10-12;1-5(2,3)4/h3*1-10H;(H3,1,2,3,4). The first-order valence-corrected chi connectivity index (χ1v) is 15.9. The molecule has 6 rings (SSSR count). The topological polar surface area (TPSA) is 129 Å². The van der Waals surface area contributed by atoms with Crippen LogP contribution in [0, 0.1) is 0 Å². The lowest BCUT2D eigenvalue weighted by Gasteiger charge is -1.99. The van der Waals surface area contributed by atoms with Crippen molar-refractivity contribution in [1.82, 2.24) is 0 Å². The summed E-state index contributed by atoms with van der Waals surface area (Å²) < 4.78 is 8.88. The van der Waals surface area contributed by atoms with E-state index in [1.165, 1.54) is 0 Å². The molecular weight excluding hydrogens is 611 g/mol. The normalized spacial score (nSPS) is 9.94. The summed E-state index contributed by atoms with van der Waals surface area (Å²) >= 11 is 0. The van der Waals surface area contributed by atoms with Crippen molar-refractivity contribution >= 4 is 25.2 Å². The van der Waals surface area contributed by atoms with Gasteiger partial charge in [-0.2, -0.15) is 0 Å². The second-order valence-corrected chi connectivity index (χ2v) is 10.7. The summed E-state index contributed by atoms with van der Waals surface area (Å²) in [4.78, 5) is 57.1. The fourth-order valence-corrected chi connectivity index (χ4v) is 4.04. The Morgan fingerprint density at radius 2 is 0.404 bits per heavy atom. The Bertz CT molecular complexity index is 1500. The molecule has 0 spiro atoms. The van der Waals surface area contributed by atoms with Crippen LogP contribution in [0.2, 0.25) is 0 Å². The van der Waals surface area contributed by atoms with E-state index in [1.807, 2.05) is 182 Å². The largest absolute Gasteiger partial charge is 0.466 e. The van der Waals surface area contributed by atoms with E-state index < -0.39 is 7.82 Å². The maximum atomic E-state index is 11.8. The minimum absolute atomic E-state index is 0.0752. The Labute approximate surface area is 273 Å². The highest BCUT2D eigenvalue weighted by molar-refractivity contribution is 7.45. The van der Waals surface area contributed by atoms with Crippen molar-refractivity contribution in [3.8, 4) is 0 Å². The molecule has 0 saturated carbocycles. The summed E-state index contributed by atoms with van der Waals surface area (Å²) in [5.74, 6) is 0.226. The molecule has 0 radical (unpaired) electrons. The highest BCUT2D eigenvalue weighted by Crippen LogP contribution is 2.25. The van der Waals surface area contributed by atoms with Gasteiger partial charge in [0.1, 0.15) is 0 Å². The van der Waals surface area contributed by atoms with Gasteiger partial charge in [0.15, 0.2) is 17.3 Å². The summed E-state index contributed by atoms with van der Waals surface area (Å²) in [6, 6.07) is 55.8. The van der Waals surface area contributed by atoms with Crippen molar-refractivity contribution in [3.05, 3.63) is 215 Å². The van der Waals surface area contributed by atoms with Crippen molar-refractivity contribution in [2.24, 2.45) is 0 Å². The van der Waals surface area contributed by atoms with Gasteiger partial charge >= 0.3 is 7.82 Å². The Morgan fingerprint density at radius 1 is 0.298 bits per heavy atom. The van der Waals surface area contributed by atoms with Gasteiger partial charge in [-0.1, -0.05) is 182 Å². The molecule has 0 aliphatic rings. The predicted octanol–water partition coefficient (Wildman–Crippen LogP) is 7.82. The van der Waals surface area contributed by atoms with Gasteiger partial charge in [0, 0.05) is 33.4 Å². The van der Waals surface area contributed by atoms with Crippen LogP contribution in [-0.4, -0.2) is 32.0 Å². The number of phosphoric acid groups is 1. The van der Waals surface area contributed by atoms with E-state index in [-0.39, 0.29) is 17.3 Å². The third kappa shape index (κ3) is 13.5. The van der Waals surface area contributed by atoms with Crippen LogP contribution in [0.5, 0.6) is 0 Å². The third-order valence-electron chi connectivity index (χ3n) is 6.22. The molecule has 6 aromatic carbocycles. The SMILES string of the molecule is O=C(c1ccccc1)c1ccccc1.O=C(c1ccccc1)c1ccccc1.O=C(c1ccccc1)c1ccccc1.O=P(O)(O)O. The molecule has 0 amide bonds. The van der Waals surface area contributed by atoms with Crippen LogP contribution in [0.4, 0.5) is 0 Å². The third-order valence-corrected chi connectivity index (χ3v) is 6.22. The zero-order chi connectivity index (χ0) is 33.9. The van der Waals surface area contributed by atoms with Gasteiger partial charge in [-0.3, -0.25) is 14.4 Å². The highest BCUT2D eigenvalue weighted by Gasteiger charge is 2.08. The zero-order valence-electron chi connectivity index (χ0n) is 25.2. The monoisotopic (exact) mass is 644 g/mol. The predicted molar refractivity (Wildman–Crippen MR) is 183 cm³/mol. The van der Waals surface area contributed by atoms with E-state index in [2.05, 4.69) is 0 Å². The molecule has 0 aliphatic heterocycles. The Kier molecular flexibility index (Phi) is 14.6. The summed E-state index contributed by atoms with van der Waals surface area (Å²) in [5.41, 5.74) is 4.41. The molecule has 0 saturated heterocycles. The van der Waals surface area contributed by atoms with Crippen molar-refractivity contribution in [2.75, 3.05) is 0 Å². The summed E-state index contributed by atoms with van der Waals surface area (Å²) in [7, 11) is -4.64. The number of ketones is 3. The molecule has 0 atom stereocenters. The summed E-state index contributed by atoms with van der Waals surface area (Å²) in [6.07, 6.45) is 0.